The Morgan fingerprint density at radius 1 is 1.17 bits per heavy atom. The number of nitrogens with two attached hydrogens (primary N) is 2. The van der Waals surface area contributed by atoms with Gasteiger partial charge in [0.2, 0.25) is 17.7 Å². The zero-order valence-corrected chi connectivity index (χ0v) is 20.0. The van der Waals surface area contributed by atoms with Crippen molar-refractivity contribution in [3.8, 4) is 0 Å². The Morgan fingerprint density at radius 2 is 1.75 bits per heavy atom. The van der Waals surface area contributed by atoms with Crippen molar-refractivity contribution < 1.29 is 59.0 Å². The van der Waals surface area contributed by atoms with Crippen LogP contribution in [0.25, 0.3) is 0 Å². The number of carbonyl (C=O) groups excluding carboxylic acids is 3. The van der Waals surface area contributed by atoms with Crippen molar-refractivity contribution in [1.29, 1.82) is 0 Å². The lowest BCUT2D eigenvalue weighted by Gasteiger charge is -2.48. The number of aliphatic carboxylic acids is 2. The maximum atomic E-state index is 13.1. The van der Waals surface area contributed by atoms with Crippen molar-refractivity contribution >= 4 is 29.7 Å². The van der Waals surface area contributed by atoms with Crippen LogP contribution in [0, 0.1) is 0 Å². The van der Waals surface area contributed by atoms with Crippen LogP contribution in [-0.2, 0) is 33.4 Å². The number of rotatable bonds is 13. The van der Waals surface area contributed by atoms with E-state index in [1.54, 1.807) is 0 Å². The van der Waals surface area contributed by atoms with E-state index in [1.807, 2.05) is 0 Å². The van der Waals surface area contributed by atoms with E-state index in [0.29, 0.717) is 4.90 Å². The molecule has 16 nitrogen and oxygen atoms in total. The summed E-state index contributed by atoms with van der Waals surface area (Å²) >= 11 is 0. The van der Waals surface area contributed by atoms with E-state index >= 15 is 0 Å². The Kier molecular flexibility index (Phi) is 11.6. The maximum absolute atomic E-state index is 13.1. The predicted octanol–water partition coefficient (Wildman–Crippen LogP) is -4.32. The highest BCUT2D eigenvalue weighted by molar-refractivity contribution is 5.92. The molecule has 0 aromatic carbocycles. The van der Waals surface area contributed by atoms with Gasteiger partial charge >= 0.3 is 11.9 Å². The van der Waals surface area contributed by atoms with Gasteiger partial charge in [-0.05, 0) is 20.3 Å². The van der Waals surface area contributed by atoms with Gasteiger partial charge in [0.25, 0.3) is 0 Å². The molecule has 1 unspecified atom stereocenters. The van der Waals surface area contributed by atoms with E-state index in [4.69, 9.17) is 31.2 Å². The molecule has 3 amide bonds. The van der Waals surface area contributed by atoms with Crippen LogP contribution in [0.2, 0.25) is 0 Å². The summed E-state index contributed by atoms with van der Waals surface area (Å²) in [5, 5.41) is 50.7. The van der Waals surface area contributed by atoms with Crippen molar-refractivity contribution in [2.24, 2.45) is 11.5 Å². The Morgan fingerprint density at radius 3 is 2.17 bits per heavy atom. The summed E-state index contributed by atoms with van der Waals surface area (Å²) in [6.45, 7) is 2.51. The van der Waals surface area contributed by atoms with Gasteiger partial charge < -0.3 is 56.7 Å². The zero-order valence-electron chi connectivity index (χ0n) is 20.0. The van der Waals surface area contributed by atoms with Crippen LogP contribution in [0.3, 0.4) is 0 Å². The molecule has 0 spiro atoms. The first-order valence-electron chi connectivity index (χ1n) is 11.0. The molecule has 206 valence electrons. The monoisotopic (exact) mass is 522 g/mol. The lowest BCUT2D eigenvalue weighted by atomic mass is 9.94. The molecule has 0 saturated carbocycles. The third kappa shape index (κ3) is 7.81. The molecule has 1 aliphatic heterocycles. The van der Waals surface area contributed by atoms with Gasteiger partial charge in [-0.3, -0.25) is 19.2 Å². The minimum Gasteiger partial charge on any atom is -0.481 e. The van der Waals surface area contributed by atoms with Crippen molar-refractivity contribution in [2.75, 3.05) is 6.61 Å². The van der Waals surface area contributed by atoms with E-state index in [-0.39, 0.29) is 6.42 Å². The minimum absolute atomic E-state index is 0.371. The molecule has 0 bridgehead atoms. The molecule has 16 heteroatoms. The highest BCUT2D eigenvalue weighted by Gasteiger charge is 2.51. The van der Waals surface area contributed by atoms with Gasteiger partial charge in [0.05, 0.1) is 18.8 Å². The van der Waals surface area contributed by atoms with Gasteiger partial charge in [-0.2, -0.15) is 0 Å². The minimum atomic E-state index is -1.77. The fourth-order valence-electron chi connectivity index (χ4n) is 3.74. The third-order valence-electron chi connectivity index (χ3n) is 5.60. The average Bonchev–Trinajstić information content (AvgIpc) is 2.77. The third-order valence-corrected chi connectivity index (χ3v) is 5.60. The van der Waals surface area contributed by atoms with Crippen molar-refractivity contribution in [3.63, 3.8) is 0 Å². The molecule has 10 N–H and O–H groups in total. The molecule has 1 fully saturated rings. The van der Waals surface area contributed by atoms with Crippen molar-refractivity contribution in [3.05, 3.63) is 0 Å². The first kappa shape index (κ1) is 31.1. The number of hydrogen-bond donors (Lipinski definition) is 8. The van der Waals surface area contributed by atoms with Crippen LogP contribution in [0.1, 0.15) is 33.6 Å². The molecule has 1 rings (SSSR count). The average molecular weight is 523 g/mol. The molecule has 0 aromatic rings. The van der Waals surface area contributed by atoms with E-state index < -0.39 is 97.6 Å². The van der Waals surface area contributed by atoms with E-state index in [2.05, 4.69) is 5.32 Å². The van der Waals surface area contributed by atoms with Gasteiger partial charge in [-0.15, -0.1) is 0 Å². The Labute approximate surface area is 206 Å². The fourth-order valence-corrected chi connectivity index (χ4v) is 3.74. The normalized spacial score (nSPS) is 27.2. The lowest BCUT2D eigenvalue weighted by Crippen LogP contribution is -2.71. The fraction of sp³-hybridized carbons (Fsp3) is 0.750. The van der Waals surface area contributed by atoms with Crippen LogP contribution in [0.15, 0.2) is 0 Å². The second kappa shape index (κ2) is 13.4. The summed E-state index contributed by atoms with van der Waals surface area (Å²) in [4.78, 5) is 60.3. The summed E-state index contributed by atoms with van der Waals surface area (Å²) in [5.41, 5.74) is 11.4. The molecule has 1 saturated heterocycles. The molecule has 1 aliphatic rings. The number of primary amides is 1. The van der Waals surface area contributed by atoms with E-state index in [0.717, 1.165) is 20.8 Å². The Bertz CT molecular complexity index is 825. The van der Waals surface area contributed by atoms with Crippen LogP contribution >= 0.6 is 0 Å². The van der Waals surface area contributed by atoms with Crippen LogP contribution in [-0.4, -0.2) is 122 Å². The first-order valence-corrected chi connectivity index (χ1v) is 11.0. The summed E-state index contributed by atoms with van der Waals surface area (Å²) in [6, 6.07) is -4.69. The summed E-state index contributed by atoms with van der Waals surface area (Å²) < 4.78 is 10.9. The highest BCUT2D eigenvalue weighted by Crippen LogP contribution is 2.28. The SMILES string of the molecule is CC(=O)N(C1O[C@H](CO)[C@@H](O)[C@H](O[C@H](C)C(=O)O)[C@H]1N)[C@H](C(=O)N[C@H](CCC(=O)O)C(N)=O)[C@@H](C)O. The summed E-state index contributed by atoms with van der Waals surface area (Å²) in [5.74, 6) is -5.68. The van der Waals surface area contributed by atoms with Crippen LogP contribution in [0.4, 0.5) is 0 Å². The maximum Gasteiger partial charge on any atom is 0.332 e. The molecule has 0 aliphatic carbocycles. The molecular formula is C20H34N4O12. The molecular weight excluding hydrogens is 488 g/mol. The number of nitrogens with zero attached hydrogens (tertiary/aromatic N) is 1. The number of nitrogens with one attached hydrogen (secondary N) is 1. The van der Waals surface area contributed by atoms with Gasteiger partial charge in [-0.25, -0.2) is 4.79 Å². The number of ether oxygens (including phenoxy) is 2. The number of hydrogen-bond acceptors (Lipinski definition) is 11. The standard InChI is InChI=1S/C20H34N4O12/c1-7(26)14(18(32)23-10(17(22)31)4-5-12(28)29)24(9(3)27)19-13(21)16(35-8(2)20(33)34)15(30)11(6-25)36-19/h7-8,10-11,13-16,19,25-26,30H,4-6,21H2,1-3H3,(H2,22,31)(H,23,32)(H,28,29)(H,33,34)/t7-,8-,10-,11-,13-,14+,15-,16-,19?/m1/s1. The topological polar surface area (TPSA) is 272 Å². The molecule has 0 radical (unpaired) electrons. The number of aliphatic hydroxyl groups is 3. The quantitative estimate of drug-likeness (QED) is 0.114. The van der Waals surface area contributed by atoms with E-state index in [9.17, 15) is 39.3 Å². The van der Waals surface area contributed by atoms with Gasteiger partial charge in [0.15, 0.2) is 12.3 Å². The molecule has 9 atom stereocenters. The zero-order chi connectivity index (χ0) is 27.9. The number of aliphatic hydroxyl groups excluding tert-OH is 3. The lowest BCUT2D eigenvalue weighted by molar-refractivity contribution is -0.248. The van der Waals surface area contributed by atoms with Gasteiger partial charge in [0, 0.05) is 13.3 Å². The van der Waals surface area contributed by atoms with Crippen molar-refractivity contribution in [1.82, 2.24) is 10.2 Å². The number of carbonyl (C=O) groups is 5. The summed E-state index contributed by atoms with van der Waals surface area (Å²) in [7, 11) is 0. The Hall–Kier alpha value is -2.89. The van der Waals surface area contributed by atoms with Gasteiger partial charge in [0.1, 0.15) is 30.4 Å². The molecule has 1 heterocycles. The van der Waals surface area contributed by atoms with E-state index in [1.165, 1.54) is 0 Å². The van der Waals surface area contributed by atoms with Gasteiger partial charge in [-0.1, -0.05) is 0 Å². The second-order valence-corrected chi connectivity index (χ2v) is 8.40. The highest BCUT2D eigenvalue weighted by atomic mass is 16.6. The predicted molar refractivity (Wildman–Crippen MR) is 118 cm³/mol. The van der Waals surface area contributed by atoms with Crippen LogP contribution < -0.4 is 16.8 Å². The van der Waals surface area contributed by atoms with Crippen molar-refractivity contribution in [2.45, 2.75) is 88.5 Å². The number of carboxylic acids is 2. The molecule has 36 heavy (non-hydrogen) atoms. The molecule has 0 aromatic heterocycles. The van der Waals surface area contributed by atoms with Crippen LogP contribution in [0.5, 0.6) is 0 Å². The summed E-state index contributed by atoms with van der Waals surface area (Å²) in [6.07, 6.45) is -10.1. The largest absolute Gasteiger partial charge is 0.481 e. The number of carboxylic acid groups (broad SMARTS) is 2. The smallest absolute Gasteiger partial charge is 0.332 e. The second-order valence-electron chi connectivity index (χ2n) is 8.40. The Balaban J connectivity index is 3.37. The number of amides is 3. The first-order chi connectivity index (χ1) is 16.6.